The zero-order valence-corrected chi connectivity index (χ0v) is 11.1. The quantitative estimate of drug-likeness (QED) is 0.844. The van der Waals surface area contributed by atoms with E-state index in [0.717, 1.165) is 12.2 Å². The normalized spacial score (nSPS) is 17.6. The highest BCUT2D eigenvalue weighted by molar-refractivity contribution is 5.38. The molecule has 0 fully saturated rings. The molecular weight excluding hydrogens is 210 g/mol. The zero-order chi connectivity index (χ0) is 12.3. The number of hydrogen-bond donors (Lipinski definition) is 1. The van der Waals surface area contributed by atoms with Crippen LogP contribution in [0.4, 0.5) is 0 Å². The van der Waals surface area contributed by atoms with Gasteiger partial charge >= 0.3 is 0 Å². The van der Waals surface area contributed by atoms with E-state index in [-0.39, 0.29) is 6.10 Å². The van der Waals surface area contributed by atoms with Crippen molar-refractivity contribution in [1.82, 2.24) is 5.32 Å². The van der Waals surface area contributed by atoms with Crippen LogP contribution in [0.25, 0.3) is 0 Å². The summed E-state index contributed by atoms with van der Waals surface area (Å²) in [5, 5.41) is 3.24. The summed E-state index contributed by atoms with van der Waals surface area (Å²) in [6.45, 7) is 4.32. The van der Waals surface area contributed by atoms with Crippen LogP contribution in [0.5, 0.6) is 5.75 Å². The lowest BCUT2D eigenvalue weighted by Crippen LogP contribution is -2.28. The van der Waals surface area contributed by atoms with E-state index in [1.807, 2.05) is 7.05 Å². The maximum absolute atomic E-state index is 5.97. The summed E-state index contributed by atoms with van der Waals surface area (Å²) in [6, 6.07) is 7.07. The molecule has 1 aliphatic carbocycles. The number of rotatable bonds is 5. The average Bonchev–Trinajstić information content (AvgIpc) is 2.75. The molecule has 2 nitrogen and oxygen atoms in total. The minimum atomic E-state index is 0.261. The van der Waals surface area contributed by atoms with Crippen LogP contribution in [0.3, 0.4) is 0 Å². The number of benzene rings is 1. The highest BCUT2D eigenvalue weighted by Gasteiger charge is 2.13. The number of aryl methyl sites for hydroxylation is 2. The molecule has 0 saturated carbocycles. The molecular formula is C15H23NO. The third-order valence-electron chi connectivity index (χ3n) is 3.59. The summed E-state index contributed by atoms with van der Waals surface area (Å²) in [4.78, 5) is 0. The Morgan fingerprint density at radius 3 is 2.76 bits per heavy atom. The lowest BCUT2D eigenvalue weighted by atomic mass is 10.1. The molecule has 2 rings (SSSR count). The molecule has 1 aromatic carbocycles. The first-order chi connectivity index (χ1) is 8.19. The smallest absolute Gasteiger partial charge is 0.119 e. The second kappa shape index (κ2) is 5.54. The average molecular weight is 233 g/mol. The van der Waals surface area contributed by atoms with E-state index in [2.05, 4.69) is 37.4 Å². The van der Waals surface area contributed by atoms with Crippen LogP contribution in [0.2, 0.25) is 0 Å². The molecule has 0 bridgehead atoms. The Morgan fingerprint density at radius 1 is 1.24 bits per heavy atom. The van der Waals surface area contributed by atoms with E-state index in [1.165, 1.54) is 30.4 Å². The topological polar surface area (TPSA) is 21.3 Å². The fraction of sp³-hybridized carbons (Fsp3) is 0.600. The highest BCUT2D eigenvalue weighted by atomic mass is 16.5. The second-order valence-electron chi connectivity index (χ2n) is 5.14. The summed E-state index contributed by atoms with van der Waals surface area (Å²) in [5.74, 6) is 1.03. The van der Waals surface area contributed by atoms with Gasteiger partial charge in [0.15, 0.2) is 0 Å². The van der Waals surface area contributed by atoms with Gasteiger partial charge in [-0.25, -0.2) is 0 Å². The van der Waals surface area contributed by atoms with Gasteiger partial charge in [-0.05, 0) is 69.8 Å². The molecule has 0 aliphatic heterocycles. The monoisotopic (exact) mass is 233 g/mol. The summed E-state index contributed by atoms with van der Waals surface area (Å²) in [6.07, 6.45) is 5.05. The van der Waals surface area contributed by atoms with Crippen LogP contribution < -0.4 is 10.1 Å². The molecule has 1 aliphatic rings. The van der Waals surface area contributed by atoms with Crippen molar-refractivity contribution in [2.75, 3.05) is 7.05 Å². The molecule has 0 aromatic heterocycles. The van der Waals surface area contributed by atoms with Crippen molar-refractivity contribution in [1.29, 1.82) is 0 Å². The zero-order valence-electron chi connectivity index (χ0n) is 11.1. The predicted molar refractivity (Wildman–Crippen MR) is 71.7 cm³/mol. The predicted octanol–water partition coefficient (Wildman–Crippen LogP) is 2.94. The van der Waals surface area contributed by atoms with Crippen molar-refractivity contribution in [3.05, 3.63) is 29.3 Å². The molecule has 0 radical (unpaired) electrons. The Labute approximate surface area is 104 Å². The van der Waals surface area contributed by atoms with Gasteiger partial charge in [0, 0.05) is 6.04 Å². The minimum Gasteiger partial charge on any atom is -0.491 e. The molecule has 0 saturated heterocycles. The number of nitrogens with one attached hydrogen (secondary N) is 1. The van der Waals surface area contributed by atoms with E-state index in [9.17, 15) is 0 Å². The molecule has 2 unspecified atom stereocenters. The maximum atomic E-state index is 5.97. The fourth-order valence-corrected chi connectivity index (χ4v) is 2.52. The van der Waals surface area contributed by atoms with Crippen LogP contribution in [0, 0.1) is 0 Å². The number of ether oxygens (including phenoxy) is 1. The largest absolute Gasteiger partial charge is 0.491 e. The number of fused-ring (bicyclic) bond motifs is 1. The molecule has 17 heavy (non-hydrogen) atoms. The van der Waals surface area contributed by atoms with Gasteiger partial charge < -0.3 is 10.1 Å². The van der Waals surface area contributed by atoms with Crippen LogP contribution in [0.15, 0.2) is 18.2 Å². The summed E-state index contributed by atoms with van der Waals surface area (Å²) in [5.41, 5.74) is 2.99. The lowest BCUT2D eigenvalue weighted by molar-refractivity contribution is 0.197. The summed E-state index contributed by atoms with van der Waals surface area (Å²) in [7, 11) is 1.99. The van der Waals surface area contributed by atoms with Gasteiger partial charge in [-0.15, -0.1) is 0 Å². The molecule has 94 valence electrons. The highest BCUT2D eigenvalue weighted by Crippen LogP contribution is 2.26. The van der Waals surface area contributed by atoms with E-state index < -0.39 is 0 Å². The van der Waals surface area contributed by atoms with E-state index in [4.69, 9.17) is 4.74 Å². The van der Waals surface area contributed by atoms with Crippen LogP contribution >= 0.6 is 0 Å². The molecule has 2 atom stereocenters. The molecule has 0 spiro atoms. The van der Waals surface area contributed by atoms with Crippen molar-refractivity contribution in [3.8, 4) is 5.75 Å². The molecule has 0 heterocycles. The van der Waals surface area contributed by atoms with Crippen LogP contribution in [-0.4, -0.2) is 19.2 Å². The summed E-state index contributed by atoms with van der Waals surface area (Å²) >= 11 is 0. The first kappa shape index (κ1) is 12.4. The number of hydrogen-bond acceptors (Lipinski definition) is 2. The first-order valence-corrected chi connectivity index (χ1v) is 6.64. The van der Waals surface area contributed by atoms with Gasteiger partial charge in [0.25, 0.3) is 0 Å². The standard InChI is InChI=1S/C15H23NO/c1-11(16-3)9-12(2)17-15-8-7-13-5-4-6-14(13)10-15/h7-8,10-12,16H,4-6,9H2,1-3H3. The SMILES string of the molecule is CNC(C)CC(C)Oc1ccc2c(c1)CCC2. The first-order valence-electron chi connectivity index (χ1n) is 6.64. The van der Waals surface area contributed by atoms with Crippen molar-refractivity contribution in [3.63, 3.8) is 0 Å². The Kier molecular flexibility index (Phi) is 4.06. The van der Waals surface area contributed by atoms with Gasteiger partial charge in [0.2, 0.25) is 0 Å². The van der Waals surface area contributed by atoms with E-state index in [1.54, 1.807) is 0 Å². The second-order valence-corrected chi connectivity index (χ2v) is 5.14. The van der Waals surface area contributed by atoms with Gasteiger partial charge in [-0.2, -0.15) is 0 Å². The van der Waals surface area contributed by atoms with Crippen LogP contribution in [-0.2, 0) is 12.8 Å². The molecule has 2 heteroatoms. The Hall–Kier alpha value is -1.02. The molecule has 1 aromatic rings. The maximum Gasteiger partial charge on any atom is 0.119 e. The van der Waals surface area contributed by atoms with Crippen molar-refractivity contribution in [2.45, 2.75) is 51.7 Å². The molecule has 0 amide bonds. The summed E-state index contributed by atoms with van der Waals surface area (Å²) < 4.78 is 5.97. The third kappa shape index (κ3) is 3.22. The minimum absolute atomic E-state index is 0.261. The van der Waals surface area contributed by atoms with Gasteiger partial charge in [-0.1, -0.05) is 6.07 Å². The van der Waals surface area contributed by atoms with Crippen molar-refractivity contribution >= 4 is 0 Å². The van der Waals surface area contributed by atoms with Crippen LogP contribution in [0.1, 0.15) is 37.8 Å². The Morgan fingerprint density at radius 2 is 2.00 bits per heavy atom. The van der Waals surface area contributed by atoms with E-state index in [0.29, 0.717) is 6.04 Å². The lowest BCUT2D eigenvalue weighted by Gasteiger charge is -2.19. The fourth-order valence-electron chi connectivity index (χ4n) is 2.52. The van der Waals surface area contributed by atoms with Crippen molar-refractivity contribution < 1.29 is 4.74 Å². The van der Waals surface area contributed by atoms with Gasteiger partial charge in [-0.3, -0.25) is 0 Å². The van der Waals surface area contributed by atoms with Gasteiger partial charge in [0.1, 0.15) is 5.75 Å². The Balaban J connectivity index is 1.94. The van der Waals surface area contributed by atoms with E-state index >= 15 is 0 Å². The van der Waals surface area contributed by atoms with Crippen molar-refractivity contribution in [2.24, 2.45) is 0 Å². The Bertz CT molecular complexity index is 375. The molecule has 1 N–H and O–H groups in total. The third-order valence-corrected chi connectivity index (χ3v) is 3.59. The van der Waals surface area contributed by atoms with Gasteiger partial charge in [0.05, 0.1) is 6.10 Å².